The number of rotatable bonds is 5. The molecule has 1 aliphatic heterocycles. The normalized spacial score (nSPS) is 22.3. The van der Waals surface area contributed by atoms with Gasteiger partial charge in [-0.05, 0) is 19.4 Å². The van der Waals surface area contributed by atoms with Crippen molar-refractivity contribution < 1.29 is 19.8 Å². The van der Waals surface area contributed by atoms with Crippen molar-refractivity contribution in [3.05, 3.63) is 0 Å². The molecule has 0 aromatic carbocycles. The van der Waals surface area contributed by atoms with E-state index >= 15 is 0 Å². The van der Waals surface area contributed by atoms with E-state index in [4.69, 9.17) is 10.2 Å². The molecule has 1 fully saturated rings. The summed E-state index contributed by atoms with van der Waals surface area (Å²) in [6.45, 7) is 0.319. The summed E-state index contributed by atoms with van der Waals surface area (Å²) in [5.41, 5.74) is 0. The van der Waals surface area contributed by atoms with Crippen LogP contribution in [0.5, 0.6) is 0 Å². The van der Waals surface area contributed by atoms with Crippen molar-refractivity contribution in [1.82, 2.24) is 10.6 Å². The van der Waals surface area contributed by atoms with Crippen molar-refractivity contribution in [2.75, 3.05) is 13.2 Å². The molecule has 15 heavy (non-hydrogen) atoms. The Hall–Kier alpha value is -1.14. The summed E-state index contributed by atoms with van der Waals surface area (Å²) in [4.78, 5) is 21.9. The number of aliphatic carboxylic acids is 1. The summed E-state index contributed by atoms with van der Waals surface area (Å²) in [7, 11) is 0. The maximum Gasteiger partial charge on any atom is 0.328 e. The Morgan fingerprint density at radius 2 is 2.27 bits per heavy atom. The highest BCUT2D eigenvalue weighted by molar-refractivity contribution is 5.83. The first-order valence-corrected chi connectivity index (χ1v) is 5.00. The van der Waals surface area contributed by atoms with Crippen molar-refractivity contribution >= 4 is 11.9 Å². The second kappa shape index (κ2) is 5.67. The Balaban J connectivity index is 2.30. The molecule has 1 unspecified atom stereocenters. The summed E-state index contributed by atoms with van der Waals surface area (Å²) in [5.74, 6) is -1.55. The summed E-state index contributed by atoms with van der Waals surface area (Å²) >= 11 is 0. The van der Waals surface area contributed by atoms with Gasteiger partial charge in [-0.15, -0.1) is 0 Å². The van der Waals surface area contributed by atoms with Gasteiger partial charge in [-0.25, -0.2) is 4.79 Å². The van der Waals surface area contributed by atoms with Crippen LogP contribution in [0.2, 0.25) is 0 Å². The van der Waals surface area contributed by atoms with Crippen LogP contribution in [-0.4, -0.2) is 47.3 Å². The van der Waals surface area contributed by atoms with E-state index in [0.717, 1.165) is 19.4 Å². The number of nitrogens with one attached hydrogen (secondary N) is 2. The first kappa shape index (κ1) is 11.9. The summed E-state index contributed by atoms with van der Waals surface area (Å²) < 4.78 is 0. The Kier molecular flexibility index (Phi) is 4.51. The van der Waals surface area contributed by atoms with Gasteiger partial charge in [-0.3, -0.25) is 4.79 Å². The standard InChI is InChI=1S/C9H16N2O4/c12-5-7(9(14)15)11-8(13)4-6-2-1-3-10-6/h6-7,10,12H,1-5H2,(H,11,13)(H,14,15)/t6?,7-/m0/s1. The molecule has 6 heteroatoms. The average molecular weight is 216 g/mol. The lowest BCUT2D eigenvalue weighted by Gasteiger charge is -2.14. The van der Waals surface area contributed by atoms with Crippen LogP contribution in [0, 0.1) is 0 Å². The second-order valence-corrected chi connectivity index (χ2v) is 3.64. The largest absolute Gasteiger partial charge is 0.480 e. The van der Waals surface area contributed by atoms with E-state index in [1.54, 1.807) is 0 Å². The highest BCUT2D eigenvalue weighted by Crippen LogP contribution is 2.08. The fourth-order valence-electron chi connectivity index (χ4n) is 1.59. The summed E-state index contributed by atoms with van der Waals surface area (Å²) in [5, 5.41) is 22.7. The maximum absolute atomic E-state index is 11.3. The second-order valence-electron chi connectivity index (χ2n) is 3.64. The molecule has 2 atom stereocenters. The molecule has 1 aliphatic rings. The Bertz CT molecular complexity index is 238. The van der Waals surface area contributed by atoms with Gasteiger partial charge in [-0.2, -0.15) is 0 Å². The van der Waals surface area contributed by atoms with Crippen LogP contribution >= 0.6 is 0 Å². The van der Waals surface area contributed by atoms with Crippen LogP contribution in [0.1, 0.15) is 19.3 Å². The van der Waals surface area contributed by atoms with E-state index in [-0.39, 0.29) is 18.4 Å². The molecule has 1 heterocycles. The van der Waals surface area contributed by atoms with Crippen molar-refractivity contribution in [2.45, 2.75) is 31.3 Å². The molecule has 0 aliphatic carbocycles. The van der Waals surface area contributed by atoms with E-state index in [1.807, 2.05) is 0 Å². The van der Waals surface area contributed by atoms with Crippen molar-refractivity contribution in [2.24, 2.45) is 0 Å². The molecule has 1 rings (SSSR count). The molecule has 6 nitrogen and oxygen atoms in total. The van der Waals surface area contributed by atoms with Crippen LogP contribution < -0.4 is 10.6 Å². The van der Waals surface area contributed by atoms with E-state index in [0.29, 0.717) is 0 Å². The van der Waals surface area contributed by atoms with Crippen LogP contribution in [0.4, 0.5) is 0 Å². The predicted molar refractivity (Wildman–Crippen MR) is 52.3 cm³/mol. The van der Waals surface area contributed by atoms with Gasteiger partial charge in [0.25, 0.3) is 0 Å². The highest BCUT2D eigenvalue weighted by atomic mass is 16.4. The molecule has 1 saturated heterocycles. The van der Waals surface area contributed by atoms with Gasteiger partial charge in [0.1, 0.15) is 6.04 Å². The minimum Gasteiger partial charge on any atom is -0.480 e. The smallest absolute Gasteiger partial charge is 0.328 e. The number of hydrogen-bond acceptors (Lipinski definition) is 4. The molecule has 86 valence electrons. The molecule has 0 radical (unpaired) electrons. The SMILES string of the molecule is O=C(CC1CCCN1)N[C@@H](CO)C(=O)O. The monoisotopic (exact) mass is 216 g/mol. The van der Waals surface area contributed by atoms with E-state index in [9.17, 15) is 9.59 Å². The summed E-state index contributed by atoms with van der Waals surface area (Å²) in [6, 6.07) is -1.06. The van der Waals surface area contributed by atoms with Crippen molar-refractivity contribution in [3.63, 3.8) is 0 Å². The first-order valence-electron chi connectivity index (χ1n) is 5.00. The quantitative estimate of drug-likeness (QED) is 0.457. The average Bonchev–Trinajstić information content (AvgIpc) is 2.66. The van der Waals surface area contributed by atoms with Crippen LogP contribution in [0.25, 0.3) is 0 Å². The third-order valence-corrected chi connectivity index (χ3v) is 2.41. The Morgan fingerprint density at radius 3 is 2.73 bits per heavy atom. The molecule has 0 aromatic heterocycles. The van der Waals surface area contributed by atoms with E-state index < -0.39 is 18.6 Å². The zero-order valence-electron chi connectivity index (χ0n) is 8.40. The van der Waals surface area contributed by atoms with Gasteiger partial charge >= 0.3 is 5.97 Å². The highest BCUT2D eigenvalue weighted by Gasteiger charge is 2.22. The van der Waals surface area contributed by atoms with E-state index in [2.05, 4.69) is 10.6 Å². The molecular formula is C9H16N2O4. The third-order valence-electron chi connectivity index (χ3n) is 2.41. The Labute approximate surface area is 87.7 Å². The molecule has 0 spiro atoms. The van der Waals surface area contributed by atoms with Gasteiger partial charge in [0.15, 0.2) is 0 Å². The summed E-state index contributed by atoms with van der Waals surface area (Å²) in [6.07, 6.45) is 2.24. The molecule has 4 N–H and O–H groups in total. The number of carbonyl (C=O) groups is 2. The fraction of sp³-hybridized carbons (Fsp3) is 0.778. The molecule has 0 aromatic rings. The third kappa shape index (κ3) is 3.85. The minimum absolute atomic E-state index is 0.137. The van der Waals surface area contributed by atoms with Crippen LogP contribution in [-0.2, 0) is 9.59 Å². The lowest BCUT2D eigenvalue weighted by atomic mass is 10.1. The van der Waals surface area contributed by atoms with Gasteiger partial charge in [-0.1, -0.05) is 0 Å². The number of carbonyl (C=O) groups excluding carboxylic acids is 1. The lowest BCUT2D eigenvalue weighted by Crippen LogP contribution is -2.44. The maximum atomic E-state index is 11.3. The number of amides is 1. The number of aliphatic hydroxyl groups excluding tert-OH is 1. The Morgan fingerprint density at radius 1 is 1.53 bits per heavy atom. The van der Waals surface area contributed by atoms with Crippen molar-refractivity contribution in [1.29, 1.82) is 0 Å². The van der Waals surface area contributed by atoms with Gasteiger partial charge in [0, 0.05) is 12.5 Å². The number of carboxylic acid groups (broad SMARTS) is 1. The van der Waals surface area contributed by atoms with Gasteiger partial charge < -0.3 is 20.8 Å². The zero-order chi connectivity index (χ0) is 11.3. The number of aliphatic hydroxyl groups is 1. The molecule has 1 amide bonds. The van der Waals surface area contributed by atoms with E-state index in [1.165, 1.54) is 0 Å². The minimum atomic E-state index is -1.22. The molecular weight excluding hydrogens is 200 g/mol. The van der Waals surface area contributed by atoms with Gasteiger partial charge in [0.05, 0.1) is 6.61 Å². The van der Waals surface area contributed by atoms with Crippen LogP contribution in [0.3, 0.4) is 0 Å². The molecule has 0 bridgehead atoms. The zero-order valence-corrected chi connectivity index (χ0v) is 8.40. The topological polar surface area (TPSA) is 98.7 Å². The van der Waals surface area contributed by atoms with Crippen molar-refractivity contribution in [3.8, 4) is 0 Å². The van der Waals surface area contributed by atoms with Crippen LogP contribution in [0.15, 0.2) is 0 Å². The first-order chi connectivity index (χ1) is 7.13. The predicted octanol–water partition coefficient (Wildman–Crippen LogP) is -1.31. The molecule has 0 saturated carbocycles. The lowest BCUT2D eigenvalue weighted by molar-refractivity contribution is -0.143. The number of carboxylic acids is 1. The fourth-order valence-corrected chi connectivity index (χ4v) is 1.59. The number of hydrogen-bond donors (Lipinski definition) is 4. The van der Waals surface area contributed by atoms with Gasteiger partial charge in [0.2, 0.25) is 5.91 Å².